The molecular weight excluding hydrogens is 524 g/mol. The van der Waals surface area contributed by atoms with Crippen LogP contribution in [0.15, 0.2) is 55.1 Å². The number of fused-ring (bicyclic) bond motifs is 2. The van der Waals surface area contributed by atoms with Gasteiger partial charge in [0.05, 0.1) is 39.7 Å². The van der Waals surface area contributed by atoms with Gasteiger partial charge in [0.2, 0.25) is 5.91 Å². The van der Waals surface area contributed by atoms with Crippen LogP contribution >= 0.6 is 11.3 Å². The highest BCUT2D eigenvalue weighted by Gasteiger charge is 2.23. The first kappa shape index (κ1) is 24.3. The topological polar surface area (TPSA) is 142 Å². The summed E-state index contributed by atoms with van der Waals surface area (Å²) < 4.78 is 0. The van der Waals surface area contributed by atoms with Crippen molar-refractivity contribution in [3.8, 4) is 33.2 Å². The van der Waals surface area contributed by atoms with Gasteiger partial charge in [-0.05, 0) is 50.1 Å². The van der Waals surface area contributed by atoms with Gasteiger partial charge in [-0.3, -0.25) is 24.7 Å². The van der Waals surface area contributed by atoms with Crippen molar-refractivity contribution in [3.05, 3.63) is 60.0 Å². The Kier molecular flexibility index (Phi) is 5.93. The molecule has 0 saturated heterocycles. The van der Waals surface area contributed by atoms with Gasteiger partial charge in [-0.2, -0.15) is 5.10 Å². The summed E-state index contributed by atoms with van der Waals surface area (Å²) in [6.07, 6.45) is 10.9. The minimum Gasteiger partial charge on any atom is -0.335 e. The molecule has 3 N–H and O–H groups in total. The molecule has 0 radical (unpaired) electrons. The van der Waals surface area contributed by atoms with Crippen LogP contribution in [0.1, 0.15) is 42.3 Å². The van der Waals surface area contributed by atoms with Gasteiger partial charge in [-0.15, -0.1) is 11.3 Å². The monoisotopic (exact) mass is 548 g/mol. The van der Waals surface area contributed by atoms with Gasteiger partial charge in [0.15, 0.2) is 17.3 Å². The second kappa shape index (κ2) is 9.76. The Balaban J connectivity index is 1.24. The summed E-state index contributed by atoms with van der Waals surface area (Å²) in [5.74, 6) is 0.707. The van der Waals surface area contributed by atoms with Crippen molar-refractivity contribution in [3.63, 3.8) is 0 Å². The minimum absolute atomic E-state index is 0.0286. The molecule has 0 spiro atoms. The van der Waals surface area contributed by atoms with E-state index in [1.165, 1.54) is 11.3 Å². The summed E-state index contributed by atoms with van der Waals surface area (Å²) in [5.41, 5.74) is 6.48. The van der Waals surface area contributed by atoms with Crippen LogP contribution in [0.25, 0.3) is 55.3 Å². The van der Waals surface area contributed by atoms with Crippen molar-refractivity contribution in [2.75, 3.05) is 5.32 Å². The minimum atomic E-state index is 0.0286. The molecule has 0 bridgehead atoms. The second-order valence-electron chi connectivity index (χ2n) is 9.99. The predicted octanol–water partition coefficient (Wildman–Crippen LogP) is 6.02. The zero-order valence-electron chi connectivity index (χ0n) is 21.6. The number of hydrogen-bond acceptors (Lipinski definition) is 8. The maximum atomic E-state index is 12.6. The van der Waals surface area contributed by atoms with E-state index in [-0.39, 0.29) is 17.6 Å². The third kappa shape index (κ3) is 4.34. The van der Waals surface area contributed by atoms with Crippen molar-refractivity contribution < 1.29 is 9.59 Å². The molecule has 0 aliphatic heterocycles. The lowest BCUT2D eigenvalue weighted by Gasteiger charge is -2.11. The van der Waals surface area contributed by atoms with E-state index in [1.54, 1.807) is 31.7 Å². The van der Waals surface area contributed by atoms with Crippen LogP contribution in [0.2, 0.25) is 0 Å². The number of pyridine rings is 3. The van der Waals surface area contributed by atoms with Crippen LogP contribution in [-0.2, 0) is 4.79 Å². The number of nitrogens with zero attached hydrogens (tertiary/aromatic N) is 5. The summed E-state index contributed by atoms with van der Waals surface area (Å²) in [4.78, 5) is 47.9. The van der Waals surface area contributed by atoms with E-state index in [0.29, 0.717) is 33.3 Å². The highest BCUT2D eigenvalue weighted by molar-refractivity contribution is 7.17. The fraction of sp³-hybridized carbons (Fsp3) is 0.207. The number of Topliss-reactive ketones (excluding diaryl/α,β-unsaturated/α-hetero) is 1. The smallest absolute Gasteiger partial charge is 0.227 e. The fourth-order valence-electron chi connectivity index (χ4n) is 5.20. The molecule has 11 heteroatoms. The quantitative estimate of drug-likeness (QED) is 0.216. The Morgan fingerprint density at radius 3 is 2.62 bits per heavy atom. The molecule has 1 aliphatic rings. The lowest BCUT2D eigenvalue weighted by molar-refractivity contribution is -0.119. The Bertz CT molecular complexity index is 1910. The SMILES string of the molecule is CC(=O)c1ccc(-c2cncc3[nH]c(-c4n[nH]c5ccc(-c6cncc(NC(=O)C7CCCC7)c6)nc45)nc23)s1. The number of aromatic amines is 2. The number of hydrogen-bond donors (Lipinski definition) is 3. The van der Waals surface area contributed by atoms with Gasteiger partial charge in [0.25, 0.3) is 0 Å². The molecule has 1 aliphatic carbocycles. The van der Waals surface area contributed by atoms with Crippen molar-refractivity contribution in [1.29, 1.82) is 0 Å². The highest BCUT2D eigenvalue weighted by atomic mass is 32.1. The fourth-order valence-corrected chi connectivity index (χ4v) is 6.11. The molecule has 40 heavy (non-hydrogen) atoms. The van der Waals surface area contributed by atoms with Gasteiger partial charge in [-0.1, -0.05) is 12.8 Å². The van der Waals surface area contributed by atoms with Crippen LogP contribution in [0, 0.1) is 5.92 Å². The van der Waals surface area contributed by atoms with Crippen LogP contribution in [0.5, 0.6) is 0 Å². The molecule has 6 aromatic rings. The number of carbonyl (C=O) groups is 2. The number of H-pyrrole nitrogens is 2. The molecule has 0 aromatic carbocycles. The summed E-state index contributed by atoms with van der Waals surface area (Å²) in [6.45, 7) is 1.56. The summed E-state index contributed by atoms with van der Waals surface area (Å²) >= 11 is 1.42. The average Bonchev–Trinajstić information content (AvgIpc) is 3.78. The van der Waals surface area contributed by atoms with E-state index in [2.05, 4.69) is 30.5 Å². The maximum Gasteiger partial charge on any atom is 0.227 e. The number of aromatic nitrogens is 7. The molecule has 1 amide bonds. The van der Waals surface area contributed by atoms with Crippen LogP contribution < -0.4 is 5.32 Å². The predicted molar refractivity (Wildman–Crippen MR) is 154 cm³/mol. The standard InChI is InChI=1S/C29H24N8O2S/c1-15(38)23-8-9-24(40-23)19-13-31-14-22-25(19)35-28(34-22)27-26-21(36-37-27)7-6-20(33-26)17-10-18(12-30-11-17)32-29(39)16-4-2-3-5-16/h6-14,16H,2-5H2,1H3,(H,32,39)(H,34,35)(H,36,37). The largest absolute Gasteiger partial charge is 0.335 e. The van der Waals surface area contributed by atoms with Crippen molar-refractivity contribution in [1.82, 2.24) is 35.1 Å². The van der Waals surface area contributed by atoms with Crippen molar-refractivity contribution >= 4 is 50.8 Å². The van der Waals surface area contributed by atoms with Crippen molar-refractivity contribution in [2.45, 2.75) is 32.6 Å². The Hall–Kier alpha value is -4.77. The summed E-state index contributed by atoms with van der Waals surface area (Å²) in [5, 5.41) is 10.6. The van der Waals surface area contributed by atoms with Gasteiger partial charge in [-0.25, -0.2) is 9.97 Å². The van der Waals surface area contributed by atoms with Gasteiger partial charge in [0, 0.05) is 34.3 Å². The normalized spacial score (nSPS) is 13.8. The molecular formula is C29H24N8O2S. The molecule has 10 nitrogen and oxygen atoms in total. The average molecular weight is 549 g/mol. The third-order valence-corrected chi connectivity index (χ3v) is 8.49. The van der Waals surface area contributed by atoms with E-state index in [9.17, 15) is 9.59 Å². The molecule has 198 valence electrons. The van der Waals surface area contributed by atoms with E-state index < -0.39 is 0 Å². The molecule has 6 aromatic heterocycles. The first-order chi connectivity index (χ1) is 19.5. The zero-order chi connectivity index (χ0) is 27.2. The lowest BCUT2D eigenvalue weighted by Crippen LogP contribution is -2.20. The summed E-state index contributed by atoms with van der Waals surface area (Å²) in [7, 11) is 0. The molecule has 1 saturated carbocycles. The number of carbonyl (C=O) groups excluding carboxylic acids is 2. The van der Waals surface area contributed by atoms with E-state index >= 15 is 0 Å². The molecule has 0 atom stereocenters. The van der Waals surface area contributed by atoms with Gasteiger partial charge >= 0.3 is 0 Å². The molecule has 7 rings (SSSR count). The van der Waals surface area contributed by atoms with Crippen molar-refractivity contribution in [2.24, 2.45) is 5.92 Å². The number of rotatable bonds is 6. The molecule has 0 unspecified atom stereocenters. The van der Waals surface area contributed by atoms with Crippen LogP contribution in [-0.4, -0.2) is 46.8 Å². The molecule has 1 fully saturated rings. The summed E-state index contributed by atoms with van der Waals surface area (Å²) in [6, 6.07) is 9.45. The van der Waals surface area contributed by atoms with Gasteiger partial charge < -0.3 is 10.3 Å². The Labute approximate surface area is 232 Å². The molecule has 6 heterocycles. The zero-order valence-corrected chi connectivity index (χ0v) is 22.4. The van der Waals surface area contributed by atoms with E-state index in [0.717, 1.165) is 58.2 Å². The highest BCUT2D eigenvalue weighted by Crippen LogP contribution is 2.35. The number of thiophene rings is 1. The number of ketones is 1. The number of nitrogens with one attached hydrogen (secondary N) is 3. The Morgan fingerprint density at radius 1 is 0.950 bits per heavy atom. The van der Waals surface area contributed by atoms with E-state index in [4.69, 9.17) is 9.97 Å². The lowest BCUT2D eigenvalue weighted by atomic mass is 10.1. The Morgan fingerprint density at radius 2 is 1.80 bits per heavy atom. The number of imidazole rings is 1. The van der Waals surface area contributed by atoms with E-state index in [1.807, 2.05) is 30.3 Å². The number of anilines is 1. The first-order valence-corrected chi connectivity index (χ1v) is 13.9. The van der Waals surface area contributed by atoms with Gasteiger partial charge in [0.1, 0.15) is 11.0 Å². The van der Waals surface area contributed by atoms with Crippen LogP contribution in [0.4, 0.5) is 5.69 Å². The maximum absolute atomic E-state index is 12.6. The van der Waals surface area contributed by atoms with Crippen LogP contribution in [0.3, 0.4) is 0 Å². The third-order valence-electron chi connectivity index (χ3n) is 7.27. The second-order valence-corrected chi connectivity index (χ2v) is 11.1. The first-order valence-electron chi connectivity index (χ1n) is 13.1. The number of amides is 1.